The van der Waals surface area contributed by atoms with Crippen LogP contribution < -0.4 is 4.74 Å². The summed E-state index contributed by atoms with van der Waals surface area (Å²) in [4.78, 5) is 12.2. The molecule has 98 valence electrons. The summed E-state index contributed by atoms with van der Waals surface area (Å²) in [6, 6.07) is 7.67. The summed E-state index contributed by atoms with van der Waals surface area (Å²) in [6.07, 6.45) is 0. The molecule has 0 saturated heterocycles. The topological polar surface area (TPSA) is 26.3 Å². The minimum atomic E-state index is -0.896. The molecule has 2 aromatic carbocycles. The first-order chi connectivity index (χ1) is 9.02. The van der Waals surface area contributed by atoms with E-state index in [1.54, 1.807) is 12.1 Å². The van der Waals surface area contributed by atoms with Crippen LogP contribution in [0.1, 0.15) is 15.9 Å². The number of carbonyl (C=O) groups excluding carboxylic acids is 1. The second-order valence-electron chi connectivity index (χ2n) is 3.80. The predicted molar refractivity (Wildman–Crippen MR) is 70.5 cm³/mol. The SMILES string of the molecule is COc1ccc(Br)cc1C(=O)c1ccc(F)cc1F. The molecule has 2 aromatic rings. The van der Waals surface area contributed by atoms with Crippen LogP contribution in [0.2, 0.25) is 0 Å². The molecule has 0 N–H and O–H groups in total. The van der Waals surface area contributed by atoms with Crippen LogP contribution in [-0.2, 0) is 0 Å². The number of hydrogen-bond acceptors (Lipinski definition) is 2. The molecule has 0 saturated carbocycles. The Morgan fingerprint density at radius 2 is 1.84 bits per heavy atom. The number of benzene rings is 2. The number of ketones is 1. The van der Waals surface area contributed by atoms with Crippen LogP contribution in [0.5, 0.6) is 5.75 Å². The van der Waals surface area contributed by atoms with E-state index in [4.69, 9.17) is 4.74 Å². The van der Waals surface area contributed by atoms with Gasteiger partial charge in [0.25, 0.3) is 0 Å². The molecule has 5 heteroatoms. The maximum Gasteiger partial charge on any atom is 0.199 e. The summed E-state index contributed by atoms with van der Waals surface area (Å²) >= 11 is 3.23. The quantitative estimate of drug-likeness (QED) is 0.798. The Balaban J connectivity index is 2.52. The van der Waals surface area contributed by atoms with Crippen molar-refractivity contribution in [1.82, 2.24) is 0 Å². The van der Waals surface area contributed by atoms with Gasteiger partial charge in [-0.25, -0.2) is 8.78 Å². The van der Waals surface area contributed by atoms with E-state index in [1.807, 2.05) is 0 Å². The van der Waals surface area contributed by atoms with E-state index in [-0.39, 0.29) is 11.1 Å². The van der Waals surface area contributed by atoms with Gasteiger partial charge in [0, 0.05) is 10.5 Å². The molecule has 2 rings (SSSR count). The van der Waals surface area contributed by atoms with Crippen LogP contribution in [0.4, 0.5) is 8.78 Å². The van der Waals surface area contributed by atoms with Gasteiger partial charge in [-0.2, -0.15) is 0 Å². The highest BCUT2D eigenvalue weighted by Gasteiger charge is 2.18. The minimum absolute atomic E-state index is 0.196. The van der Waals surface area contributed by atoms with E-state index in [1.165, 1.54) is 13.2 Å². The lowest BCUT2D eigenvalue weighted by Gasteiger charge is -2.08. The van der Waals surface area contributed by atoms with E-state index in [0.29, 0.717) is 16.3 Å². The van der Waals surface area contributed by atoms with E-state index < -0.39 is 17.4 Å². The normalized spacial score (nSPS) is 10.3. The van der Waals surface area contributed by atoms with Crippen molar-refractivity contribution in [2.75, 3.05) is 7.11 Å². The lowest BCUT2D eigenvalue weighted by Crippen LogP contribution is -2.06. The van der Waals surface area contributed by atoms with Crippen LogP contribution in [-0.4, -0.2) is 12.9 Å². The van der Waals surface area contributed by atoms with Gasteiger partial charge in [-0.15, -0.1) is 0 Å². The predicted octanol–water partition coefficient (Wildman–Crippen LogP) is 3.97. The van der Waals surface area contributed by atoms with Crippen molar-refractivity contribution in [3.63, 3.8) is 0 Å². The summed E-state index contributed by atoms with van der Waals surface area (Å²) in [7, 11) is 1.42. The maximum atomic E-state index is 13.6. The van der Waals surface area contributed by atoms with Crippen molar-refractivity contribution in [2.45, 2.75) is 0 Å². The zero-order valence-electron chi connectivity index (χ0n) is 9.91. The molecule has 19 heavy (non-hydrogen) atoms. The highest BCUT2D eigenvalue weighted by Crippen LogP contribution is 2.26. The van der Waals surface area contributed by atoms with E-state index in [9.17, 15) is 13.6 Å². The second-order valence-corrected chi connectivity index (χ2v) is 4.71. The largest absolute Gasteiger partial charge is 0.496 e. The molecular formula is C14H9BrF2O2. The van der Waals surface area contributed by atoms with Gasteiger partial charge >= 0.3 is 0 Å². The average molecular weight is 327 g/mol. The Bertz CT molecular complexity index is 641. The monoisotopic (exact) mass is 326 g/mol. The Hall–Kier alpha value is -1.75. The highest BCUT2D eigenvalue weighted by molar-refractivity contribution is 9.10. The third kappa shape index (κ3) is 2.81. The molecule has 0 fully saturated rings. The van der Waals surface area contributed by atoms with Crippen molar-refractivity contribution in [1.29, 1.82) is 0 Å². The summed E-state index contributed by atoms with van der Waals surface area (Å²) in [5.41, 5.74) is 0.0141. The third-order valence-corrected chi connectivity index (χ3v) is 3.08. The van der Waals surface area contributed by atoms with Gasteiger partial charge in [-0.1, -0.05) is 15.9 Å². The molecule has 0 aliphatic heterocycles. The van der Waals surface area contributed by atoms with E-state index >= 15 is 0 Å². The number of rotatable bonds is 3. The summed E-state index contributed by atoms with van der Waals surface area (Å²) in [5, 5.41) is 0. The third-order valence-electron chi connectivity index (χ3n) is 2.58. The Morgan fingerprint density at radius 1 is 1.11 bits per heavy atom. The van der Waals surface area contributed by atoms with E-state index in [2.05, 4.69) is 15.9 Å². The van der Waals surface area contributed by atoms with Gasteiger partial charge in [0.05, 0.1) is 18.2 Å². The fourth-order valence-corrected chi connectivity index (χ4v) is 2.04. The Labute approximate surface area is 117 Å². The first kappa shape index (κ1) is 13.7. The molecule has 0 unspecified atom stereocenters. The number of ether oxygens (including phenoxy) is 1. The van der Waals surface area contributed by atoms with Gasteiger partial charge in [0.2, 0.25) is 0 Å². The highest BCUT2D eigenvalue weighted by atomic mass is 79.9. The second kappa shape index (κ2) is 5.48. The molecular weight excluding hydrogens is 318 g/mol. The maximum absolute atomic E-state index is 13.6. The lowest BCUT2D eigenvalue weighted by atomic mass is 10.0. The molecule has 0 heterocycles. The van der Waals surface area contributed by atoms with Crippen molar-refractivity contribution in [3.05, 3.63) is 63.6 Å². The van der Waals surface area contributed by atoms with Crippen LogP contribution in [0, 0.1) is 11.6 Å². The average Bonchev–Trinajstić information content (AvgIpc) is 2.38. The number of halogens is 3. The summed E-state index contributed by atoms with van der Waals surface area (Å²) in [5.74, 6) is -1.85. The van der Waals surface area contributed by atoms with Gasteiger partial charge in [0.1, 0.15) is 17.4 Å². The molecule has 0 aromatic heterocycles. The van der Waals surface area contributed by atoms with Crippen molar-refractivity contribution >= 4 is 21.7 Å². The molecule has 0 atom stereocenters. The zero-order valence-corrected chi connectivity index (χ0v) is 11.5. The number of carbonyl (C=O) groups is 1. The lowest BCUT2D eigenvalue weighted by molar-refractivity contribution is 0.103. The first-order valence-electron chi connectivity index (χ1n) is 5.36. The molecule has 0 amide bonds. The number of methoxy groups -OCH3 is 1. The summed E-state index contributed by atoms with van der Waals surface area (Å²) < 4.78 is 32.2. The fraction of sp³-hybridized carbons (Fsp3) is 0.0714. The Kier molecular flexibility index (Phi) is 3.95. The smallest absolute Gasteiger partial charge is 0.199 e. The summed E-state index contributed by atoms with van der Waals surface area (Å²) in [6.45, 7) is 0. The van der Waals surface area contributed by atoms with Crippen LogP contribution in [0.15, 0.2) is 40.9 Å². The van der Waals surface area contributed by atoms with Crippen molar-refractivity contribution in [2.24, 2.45) is 0 Å². The van der Waals surface area contributed by atoms with Crippen molar-refractivity contribution < 1.29 is 18.3 Å². The van der Waals surface area contributed by atoms with Crippen molar-refractivity contribution in [3.8, 4) is 5.75 Å². The van der Waals surface area contributed by atoms with Gasteiger partial charge in [0.15, 0.2) is 5.78 Å². The molecule has 2 nitrogen and oxygen atoms in total. The number of hydrogen-bond donors (Lipinski definition) is 0. The minimum Gasteiger partial charge on any atom is -0.496 e. The van der Waals surface area contributed by atoms with Crippen LogP contribution >= 0.6 is 15.9 Å². The Morgan fingerprint density at radius 3 is 2.47 bits per heavy atom. The van der Waals surface area contributed by atoms with Crippen LogP contribution in [0.3, 0.4) is 0 Å². The molecule has 0 aliphatic rings. The van der Waals surface area contributed by atoms with Gasteiger partial charge in [-0.3, -0.25) is 4.79 Å². The zero-order chi connectivity index (χ0) is 14.0. The van der Waals surface area contributed by atoms with Gasteiger partial charge < -0.3 is 4.74 Å². The fourth-order valence-electron chi connectivity index (χ4n) is 1.68. The molecule has 0 radical (unpaired) electrons. The molecule has 0 aliphatic carbocycles. The van der Waals surface area contributed by atoms with Gasteiger partial charge in [-0.05, 0) is 30.3 Å². The standard InChI is InChI=1S/C14H9BrF2O2/c1-19-13-5-2-8(15)6-11(13)14(18)10-4-3-9(16)7-12(10)17/h2-7H,1H3. The molecule has 0 spiro atoms. The first-order valence-corrected chi connectivity index (χ1v) is 6.15. The molecule has 0 bridgehead atoms. The van der Waals surface area contributed by atoms with E-state index in [0.717, 1.165) is 12.1 Å². The van der Waals surface area contributed by atoms with Crippen LogP contribution in [0.25, 0.3) is 0 Å².